The Balaban J connectivity index is 1.47. The van der Waals surface area contributed by atoms with Crippen molar-refractivity contribution in [1.82, 2.24) is 15.0 Å². The van der Waals surface area contributed by atoms with Crippen molar-refractivity contribution in [3.05, 3.63) is 58.5 Å². The molecule has 2 aliphatic rings. The van der Waals surface area contributed by atoms with E-state index in [2.05, 4.69) is 4.98 Å². The largest absolute Gasteiger partial charge is 0.419 e. The quantitative estimate of drug-likeness (QED) is 0.443. The predicted octanol–water partition coefficient (Wildman–Crippen LogP) is 4.82. The molecule has 3 aromatic rings. The number of pyridine rings is 1. The van der Waals surface area contributed by atoms with E-state index >= 15 is 0 Å². The molecule has 2 fully saturated rings. The summed E-state index contributed by atoms with van der Waals surface area (Å²) in [6, 6.07) is 6.82. The van der Waals surface area contributed by atoms with Gasteiger partial charge in [0.05, 0.1) is 29.5 Å². The molecule has 37 heavy (non-hydrogen) atoms. The van der Waals surface area contributed by atoms with E-state index in [0.29, 0.717) is 75.5 Å². The molecule has 12 heteroatoms. The first-order valence-corrected chi connectivity index (χ1v) is 12.3. The molecule has 0 N–H and O–H groups in total. The van der Waals surface area contributed by atoms with Crippen LogP contribution in [-0.2, 0) is 10.9 Å². The number of morpholine rings is 1. The van der Waals surface area contributed by atoms with Crippen molar-refractivity contribution in [2.24, 2.45) is 0 Å². The molecule has 7 nitrogen and oxygen atoms in total. The molecule has 0 unspecified atom stereocenters. The lowest BCUT2D eigenvalue weighted by Gasteiger charge is -2.38. The maximum Gasteiger partial charge on any atom is 0.419 e. The fourth-order valence-corrected chi connectivity index (χ4v) is 4.81. The highest BCUT2D eigenvalue weighted by Crippen LogP contribution is 2.37. The Morgan fingerprint density at radius 2 is 1.57 bits per heavy atom. The fourth-order valence-electron chi connectivity index (χ4n) is 4.63. The predicted molar refractivity (Wildman–Crippen MR) is 134 cm³/mol. The first kappa shape index (κ1) is 25.5. The summed E-state index contributed by atoms with van der Waals surface area (Å²) in [7, 11) is 0. The Labute approximate surface area is 216 Å². The summed E-state index contributed by atoms with van der Waals surface area (Å²) in [5.41, 5.74) is 1.32. The van der Waals surface area contributed by atoms with Crippen LogP contribution >= 0.6 is 11.6 Å². The summed E-state index contributed by atoms with van der Waals surface area (Å²) in [6.07, 6.45) is -3.11. The Morgan fingerprint density at radius 1 is 0.892 bits per heavy atom. The van der Waals surface area contributed by atoms with Crippen molar-refractivity contribution >= 4 is 29.2 Å². The smallest absolute Gasteiger partial charge is 0.378 e. The van der Waals surface area contributed by atoms with E-state index < -0.39 is 17.6 Å². The van der Waals surface area contributed by atoms with Gasteiger partial charge >= 0.3 is 6.18 Å². The second-order valence-corrected chi connectivity index (χ2v) is 9.30. The van der Waals surface area contributed by atoms with Crippen LogP contribution in [0.15, 0.2) is 36.5 Å². The van der Waals surface area contributed by atoms with E-state index in [1.54, 1.807) is 11.0 Å². The van der Waals surface area contributed by atoms with Crippen molar-refractivity contribution < 1.29 is 22.3 Å². The number of anilines is 3. The van der Waals surface area contributed by atoms with Crippen LogP contribution in [0.2, 0.25) is 5.02 Å². The average Bonchev–Trinajstić information content (AvgIpc) is 2.91. The number of hydrogen-bond acceptors (Lipinski definition) is 7. The number of hydrogen-bond donors (Lipinski definition) is 0. The molecule has 2 aromatic heterocycles. The molecule has 0 spiro atoms. The minimum atomic E-state index is -4.48. The summed E-state index contributed by atoms with van der Waals surface area (Å²) in [5.74, 6) is 0.619. The van der Waals surface area contributed by atoms with Crippen molar-refractivity contribution in [2.75, 3.05) is 67.2 Å². The Kier molecular flexibility index (Phi) is 7.09. The lowest BCUT2D eigenvalue weighted by atomic mass is 10.1. The normalized spacial score (nSPS) is 16.9. The summed E-state index contributed by atoms with van der Waals surface area (Å²) in [5, 5.41) is -0.00516. The lowest BCUT2D eigenvalue weighted by molar-refractivity contribution is -0.137. The van der Waals surface area contributed by atoms with Gasteiger partial charge in [-0.3, -0.25) is 0 Å². The first-order valence-electron chi connectivity index (χ1n) is 11.9. The number of benzene rings is 1. The van der Waals surface area contributed by atoms with Crippen LogP contribution in [0.25, 0.3) is 11.3 Å². The van der Waals surface area contributed by atoms with Gasteiger partial charge in [0.15, 0.2) is 0 Å². The van der Waals surface area contributed by atoms with Gasteiger partial charge in [-0.05, 0) is 37.3 Å². The third-order valence-corrected chi connectivity index (χ3v) is 6.86. The minimum Gasteiger partial charge on any atom is -0.378 e. The van der Waals surface area contributed by atoms with Gasteiger partial charge in [-0.25, -0.2) is 14.4 Å². The molecule has 2 saturated heterocycles. The second-order valence-electron chi connectivity index (χ2n) is 8.90. The molecule has 0 bridgehead atoms. The van der Waals surface area contributed by atoms with Crippen LogP contribution in [0.4, 0.5) is 35.1 Å². The highest BCUT2D eigenvalue weighted by atomic mass is 35.5. The van der Waals surface area contributed by atoms with Crippen molar-refractivity contribution in [1.29, 1.82) is 0 Å². The number of aromatic nitrogens is 3. The molecule has 5 rings (SSSR count). The molecular weight excluding hydrogens is 512 g/mol. The standard InChI is InChI=1S/C25H25ClF4N6O/c1-16-21(17-4-5-20(27)19(26)15-17)32-24(36-11-13-37-14-12-36)33-22(16)34-7-9-35(10-8-34)23-18(25(28,29)30)3-2-6-31-23/h2-6,15H,7-14H2,1H3. The summed E-state index contributed by atoms with van der Waals surface area (Å²) >= 11 is 6.06. The first-order chi connectivity index (χ1) is 17.7. The highest BCUT2D eigenvalue weighted by molar-refractivity contribution is 6.31. The Bertz CT molecular complexity index is 1280. The van der Waals surface area contributed by atoms with E-state index in [0.717, 1.165) is 11.6 Å². The summed E-state index contributed by atoms with van der Waals surface area (Å²) < 4.78 is 59.9. The molecule has 0 saturated carbocycles. The molecular formula is C25H25ClF4N6O. The molecule has 0 atom stereocenters. The van der Waals surface area contributed by atoms with E-state index in [-0.39, 0.29) is 10.8 Å². The van der Waals surface area contributed by atoms with Crippen molar-refractivity contribution in [3.8, 4) is 11.3 Å². The number of halogens is 5. The molecule has 196 valence electrons. The topological polar surface area (TPSA) is 57.6 Å². The highest BCUT2D eigenvalue weighted by Gasteiger charge is 2.36. The third-order valence-electron chi connectivity index (χ3n) is 6.57. The van der Waals surface area contributed by atoms with Gasteiger partial charge in [-0.2, -0.15) is 18.2 Å². The fraction of sp³-hybridized carbons (Fsp3) is 0.400. The van der Waals surface area contributed by atoms with Crippen LogP contribution in [0.3, 0.4) is 0 Å². The molecule has 0 amide bonds. The van der Waals surface area contributed by atoms with Crippen LogP contribution in [0.1, 0.15) is 11.1 Å². The second kappa shape index (κ2) is 10.3. The van der Waals surface area contributed by atoms with Crippen molar-refractivity contribution in [2.45, 2.75) is 13.1 Å². The zero-order chi connectivity index (χ0) is 26.2. The molecule has 0 aliphatic carbocycles. The molecule has 2 aliphatic heterocycles. The Hall–Kier alpha value is -3.18. The maximum atomic E-state index is 13.9. The number of ether oxygens (including phenoxy) is 1. The van der Waals surface area contributed by atoms with Gasteiger partial charge in [0, 0.05) is 56.6 Å². The number of piperazine rings is 1. The lowest BCUT2D eigenvalue weighted by Crippen LogP contribution is -2.48. The molecule has 0 radical (unpaired) electrons. The summed E-state index contributed by atoms with van der Waals surface area (Å²) in [4.78, 5) is 19.4. The van der Waals surface area contributed by atoms with Gasteiger partial charge in [0.25, 0.3) is 0 Å². The van der Waals surface area contributed by atoms with Crippen LogP contribution in [0.5, 0.6) is 0 Å². The summed E-state index contributed by atoms with van der Waals surface area (Å²) in [6.45, 7) is 5.80. The number of alkyl halides is 3. The number of nitrogens with zero attached hydrogens (tertiary/aromatic N) is 6. The molecule has 4 heterocycles. The average molecular weight is 537 g/mol. The van der Waals surface area contributed by atoms with Crippen LogP contribution in [0, 0.1) is 12.7 Å². The van der Waals surface area contributed by atoms with E-state index in [4.69, 9.17) is 26.3 Å². The van der Waals surface area contributed by atoms with Gasteiger partial charge in [-0.1, -0.05) is 11.6 Å². The third kappa shape index (κ3) is 5.28. The maximum absolute atomic E-state index is 13.9. The van der Waals surface area contributed by atoms with Gasteiger partial charge in [0.2, 0.25) is 5.95 Å². The monoisotopic (exact) mass is 536 g/mol. The van der Waals surface area contributed by atoms with Crippen LogP contribution in [-0.4, -0.2) is 67.4 Å². The van der Waals surface area contributed by atoms with E-state index in [1.807, 2.05) is 16.7 Å². The van der Waals surface area contributed by atoms with E-state index in [1.165, 1.54) is 24.4 Å². The Morgan fingerprint density at radius 3 is 2.22 bits per heavy atom. The van der Waals surface area contributed by atoms with Gasteiger partial charge < -0.3 is 19.4 Å². The van der Waals surface area contributed by atoms with Gasteiger partial charge in [0.1, 0.15) is 17.5 Å². The van der Waals surface area contributed by atoms with Crippen molar-refractivity contribution in [3.63, 3.8) is 0 Å². The SMILES string of the molecule is Cc1c(-c2ccc(F)c(Cl)c2)nc(N2CCOCC2)nc1N1CCN(c2ncccc2C(F)(F)F)CC1. The van der Waals surface area contributed by atoms with Crippen LogP contribution < -0.4 is 14.7 Å². The number of rotatable bonds is 4. The van der Waals surface area contributed by atoms with Gasteiger partial charge in [-0.15, -0.1) is 0 Å². The molecule has 1 aromatic carbocycles. The zero-order valence-electron chi connectivity index (χ0n) is 20.1. The zero-order valence-corrected chi connectivity index (χ0v) is 20.9. The van der Waals surface area contributed by atoms with E-state index in [9.17, 15) is 17.6 Å². The minimum absolute atomic E-state index is 0.00516.